The Morgan fingerprint density at radius 1 is 0.700 bits per heavy atom. The van der Waals surface area contributed by atoms with Gasteiger partial charge in [-0.1, -0.05) is 24.3 Å². The van der Waals surface area contributed by atoms with Crippen LogP contribution in [0, 0.1) is 0 Å². The van der Waals surface area contributed by atoms with Gasteiger partial charge in [-0.3, -0.25) is 4.90 Å². The van der Waals surface area contributed by atoms with Crippen LogP contribution in [0.3, 0.4) is 0 Å². The quantitative estimate of drug-likeness (QED) is 0.498. The largest absolute Gasteiger partial charge is 1.00 e. The van der Waals surface area contributed by atoms with Crippen LogP contribution in [0.25, 0.3) is 0 Å². The average molecular weight is 440 g/mol. The van der Waals surface area contributed by atoms with Crippen LogP contribution in [0.15, 0.2) is 24.3 Å². The summed E-state index contributed by atoms with van der Waals surface area (Å²) in [5.74, 6) is 0. The van der Waals surface area contributed by atoms with Gasteiger partial charge in [0, 0.05) is 38.3 Å². The van der Waals surface area contributed by atoms with Crippen molar-refractivity contribution >= 4 is 0 Å². The second-order valence-corrected chi connectivity index (χ2v) is 8.50. The third kappa shape index (κ3) is 10.1. The van der Waals surface area contributed by atoms with Gasteiger partial charge in [-0.25, -0.2) is 0 Å². The zero-order valence-corrected chi connectivity index (χ0v) is 20.4. The van der Waals surface area contributed by atoms with Gasteiger partial charge in [-0.2, -0.15) is 0 Å². The number of nitrogens with zero attached hydrogens (tertiary/aromatic N) is 2. The molecule has 2 rings (SSSR count). The van der Waals surface area contributed by atoms with Crippen LogP contribution in [0.2, 0.25) is 0 Å². The van der Waals surface area contributed by atoms with Crippen molar-refractivity contribution in [3.63, 3.8) is 0 Å². The van der Waals surface area contributed by atoms with Crippen molar-refractivity contribution in [3.8, 4) is 0 Å². The maximum absolute atomic E-state index is 3.61. The molecule has 1 aliphatic rings. The molecule has 0 aliphatic carbocycles. The van der Waals surface area contributed by atoms with Crippen LogP contribution in [0.1, 0.15) is 44.7 Å². The standard InChI is InChI=1S/C24H46N5.ClH/c1-4-29(5-2,6-3)22-24-11-9-23(10-12-24)21-28-19-8-15-26-17-16-25-13-7-14-27-18-20-28;/h9-12,25-27H,4-8,13-22H2,1-3H3;1H/q+1;/p-1. The minimum atomic E-state index is 0. The molecule has 0 unspecified atom stereocenters. The Kier molecular flexibility index (Phi) is 14.6. The van der Waals surface area contributed by atoms with E-state index in [1.54, 1.807) is 0 Å². The fraction of sp³-hybridized carbons (Fsp3) is 0.750. The number of rotatable bonds is 7. The topological polar surface area (TPSA) is 39.3 Å². The first-order chi connectivity index (χ1) is 14.2. The van der Waals surface area contributed by atoms with Crippen LogP contribution in [-0.2, 0) is 13.1 Å². The van der Waals surface area contributed by atoms with E-state index in [-0.39, 0.29) is 12.4 Å². The Balaban J connectivity index is 0.00000450. The van der Waals surface area contributed by atoms with E-state index in [4.69, 9.17) is 0 Å². The number of benzene rings is 1. The molecule has 1 aromatic rings. The first kappa shape index (κ1) is 27.3. The van der Waals surface area contributed by atoms with Crippen molar-refractivity contribution in [3.05, 3.63) is 35.4 Å². The number of halogens is 1. The third-order valence-corrected chi connectivity index (χ3v) is 6.58. The fourth-order valence-electron chi connectivity index (χ4n) is 4.23. The summed E-state index contributed by atoms with van der Waals surface area (Å²) >= 11 is 0. The molecular formula is C24H46ClN5. The van der Waals surface area contributed by atoms with Crippen LogP contribution in [-0.4, -0.2) is 81.4 Å². The van der Waals surface area contributed by atoms with Crippen molar-refractivity contribution < 1.29 is 16.9 Å². The molecule has 1 saturated heterocycles. The maximum Gasteiger partial charge on any atom is 0.104 e. The molecule has 0 radical (unpaired) electrons. The van der Waals surface area contributed by atoms with E-state index in [2.05, 4.69) is 65.9 Å². The van der Waals surface area contributed by atoms with E-state index in [0.717, 1.165) is 65.4 Å². The highest BCUT2D eigenvalue weighted by Gasteiger charge is 2.21. The van der Waals surface area contributed by atoms with Gasteiger partial charge in [0.1, 0.15) is 6.54 Å². The van der Waals surface area contributed by atoms with Crippen molar-refractivity contribution in [1.82, 2.24) is 20.9 Å². The molecule has 0 aromatic heterocycles. The van der Waals surface area contributed by atoms with Gasteiger partial charge < -0.3 is 32.8 Å². The number of hydrogen-bond acceptors (Lipinski definition) is 4. The molecule has 0 bridgehead atoms. The summed E-state index contributed by atoms with van der Waals surface area (Å²) in [5, 5.41) is 10.7. The van der Waals surface area contributed by atoms with Crippen molar-refractivity contribution in [2.45, 2.75) is 46.7 Å². The Hall–Kier alpha value is -0.690. The van der Waals surface area contributed by atoms with E-state index >= 15 is 0 Å². The number of hydrogen-bond donors (Lipinski definition) is 3. The lowest BCUT2D eigenvalue weighted by Gasteiger charge is -2.36. The second kappa shape index (κ2) is 16.0. The Morgan fingerprint density at radius 2 is 1.23 bits per heavy atom. The summed E-state index contributed by atoms with van der Waals surface area (Å²) in [5.41, 5.74) is 2.91. The molecule has 0 amide bonds. The summed E-state index contributed by atoms with van der Waals surface area (Å²) in [4.78, 5) is 2.61. The normalized spacial score (nSPS) is 18.4. The Bertz CT molecular complexity index is 511. The Morgan fingerprint density at radius 3 is 1.83 bits per heavy atom. The molecule has 3 N–H and O–H groups in total. The van der Waals surface area contributed by atoms with E-state index < -0.39 is 0 Å². The highest BCUT2D eigenvalue weighted by molar-refractivity contribution is 5.22. The van der Waals surface area contributed by atoms with Gasteiger partial charge in [-0.15, -0.1) is 0 Å². The van der Waals surface area contributed by atoms with Crippen LogP contribution in [0.5, 0.6) is 0 Å². The number of quaternary nitrogens is 1. The van der Waals surface area contributed by atoms with E-state index in [0.29, 0.717) is 0 Å². The first-order valence-corrected chi connectivity index (χ1v) is 12.0. The van der Waals surface area contributed by atoms with Gasteiger partial charge in [0.2, 0.25) is 0 Å². The maximum atomic E-state index is 3.61. The van der Waals surface area contributed by atoms with Crippen LogP contribution in [0.4, 0.5) is 0 Å². The van der Waals surface area contributed by atoms with Crippen molar-refractivity contribution in [2.24, 2.45) is 0 Å². The highest BCUT2D eigenvalue weighted by Crippen LogP contribution is 2.16. The van der Waals surface area contributed by atoms with Gasteiger partial charge in [0.15, 0.2) is 0 Å². The minimum absolute atomic E-state index is 0. The molecular weight excluding hydrogens is 394 g/mol. The van der Waals surface area contributed by atoms with Crippen molar-refractivity contribution in [1.29, 1.82) is 0 Å². The second-order valence-electron chi connectivity index (χ2n) is 8.50. The van der Waals surface area contributed by atoms with E-state index in [1.165, 1.54) is 48.1 Å². The summed E-state index contributed by atoms with van der Waals surface area (Å²) in [6, 6.07) is 9.43. The van der Waals surface area contributed by atoms with E-state index in [1.807, 2.05) is 0 Å². The molecule has 0 spiro atoms. The lowest BCUT2D eigenvalue weighted by molar-refractivity contribution is -0.936. The summed E-state index contributed by atoms with van der Waals surface area (Å²) in [6.45, 7) is 21.6. The lowest BCUT2D eigenvalue weighted by atomic mass is 10.1. The molecule has 1 heterocycles. The summed E-state index contributed by atoms with van der Waals surface area (Å²) in [7, 11) is 0. The fourth-order valence-corrected chi connectivity index (χ4v) is 4.23. The minimum Gasteiger partial charge on any atom is -1.00 e. The zero-order chi connectivity index (χ0) is 20.8. The molecule has 1 aliphatic heterocycles. The average Bonchev–Trinajstić information content (AvgIpc) is 2.76. The van der Waals surface area contributed by atoms with Gasteiger partial charge in [0.05, 0.1) is 19.6 Å². The number of nitrogens with one attached hydrogen (secondary N) is 3. The summed E-state index contributed by atoms with van der Waals surface area (Å²) < 4.78 is 1.18. The first-order valence-electron chi connectivity index (χ1n) is 12.0. The molecule has 0 saturated carbocycles. The molecule has 1 aromatic carbocycles. The van der Waals surface area contributed by atoms with Crippen LogP contribution >= 0.6 is 0 Å². The highest BCUT2D eigenvalue weighted by atomic mass is 35.5. The van der Waals surface area contributed by atoms with E-state index in [9.17, 15) is 0 Å². The molecule has 0 atom stereocenters. The van der Waals surface area contributed by atoms with Crippen molar-refractivity contribution in [2.75, 3.05) is 72.0 Å². The smallest absolute Gasteiger partial charge is 0.104 e. The molecule has 6 heteroatoms. The Labute approximate surface area is 192 Å². The predicted octanol–water partition coefficient (Wildman–Crippen LogP) is -0.568. The zero-order valence-electron chi connectivity index (χ0n) is 19.7. The van der Waals surface area contributed by atoms with Gasteiger partial charge in [-0.05, 0) is 65.4 Å². The molecule has 1 fully saturated rings. The monoisotopic (exact) mass is 439 g/mol. The van der Waals surface area contributed by atoms with Gasteiger partial charge in [0.25, 0.3) is 0 Å². The van der Waals surface area contributed by atoms with Gasteiger partial charge >= 0.3 is 0 Å². The molecule has 30 heavy (non-hydrogen) atoms. The third-order valence-electron chi connectivity index (χ3n) is 6.58. The SMILES string of the molecule is CC[N+](CC)(CC)Cc1ccc(CN2CCCNCCNCCCNCC2)cc1.[Cl-]. The lowest BCUT2D eigenvalue weighted by Crippen LogP contribution is -3.00. The van der Waals surface area contributed by atoms with Crippen LogP contribution < -0.4 is 28.4 Å². The summed E-state index contributed by atoms with van der Waals surface area (Å²) in [6.07, 6.45) is 2.41. The molecule has 174 valence electrons. The molecule has 5 nitrogen and oxygen atoms in total. The predicted molar refractivity (Wildman–Crippen MR) is 125 cm³/mol.